The lowest BCUT2D eigenvalue weighted by molar-refractivity contribution is -0.116. The lowest BCUT2D eigenvalue weighted by Gasteiger charge is -2.02. The summed E-state index contributed by atoms with van der Waals surface area (Å²) in [6, 6.07) is 8.73. The van der Waals surface area contributed by atoms with Gasteiger partial charge in [0.1, 0.15) is 6.54 Å². The highest BCUT2D eigenvalue weighted by Crippen LogP contribution is 2.12. The number of amides is 1. The highest BCUT2D eigenvalue weighted by molar-refractivity contribution is 5.90. The molecule has 7 nitrogen and oxygen atoms in total. The maximum Gasteiger partial charge on any atom is 0.420 e. The Kier molecular flexibility index (Phi) is 3.31. The summed E-state index contributed by atoms with van der Waals surface area (Å²) >= 11 is 0. The number of benzene rings is 1. The molecule has 2 heterocycles. The zero-order valence-corrected chi connectivity index (χ0v) is 11.4. The van der Waals surface area contributed by atoms with Crippen LogP contribution < -0.4 is 11.1 Å². The highest BCUT2D eigenvalue weighted by Gasteiger charge is 2.13. The summed E-state index contributed by atoms with van der Waals surface area (Å²) < 4.78 is 6.37. The number of aromatic amines is 1. The molecule has 108 valence electrons. The summed E-state index contributed by atoms with van der Waals surface area (Å²) in [5.41, 5.74) is 1.98. The Labute approximate surface area is 119 Å². The van der Waals surface area contributed by atoms with Gasteiger partial charge in [-0.25, -0.2) is 4.79 Å². The van der Waals surface area contributed by atoms with Crippen LogP contribution in [0.3, 0.4) is 0 Å². The second-order valence-electron chi connectivity index (χ2n) is 4.60. The van der Waals surface area contributed by atoms with Gasteiger partial charge >= 0.3 is 5.76 Å². The van der Waals surface area contributed by atoms with Gasteiger partial charge < -0.3 is 9.73 Å². The van der Waals surface area contributed by atoms with Crippen LogP contribution >= 0.6 is 0 Å². The number of carbonyl (C=O) groups is 1. The van der Waals surface area contributed by atoms with Crippen LogP contribution in [0.25, 0.3) is 11.1 Å². The first-order valence-electron chi connectivity index (χ1n) is 6.60. The van der Waals surface area contributed by atoms with E-state index in [2.05, 4.69) is 15.5 Å². The summed E-state index contributed by atoms with van der Waals surface area (Å²) in [7, 11) is 0. The summed E-state index contributed by atoms with van der Waals surface area (Å²) in [5, 5.41) is 9.43. The topological polar surface area (TPSA) is 92.9 Å². The van der Waals surface area contributed by atoms with Gasteiger partial charge in [0.2, 0.25) is 5.91 Å². The monoisotopic (exact) mass is 286 g/mol. The Morgan fingerprint density at radius 1 is 1.43 bits per heavy atom. The molecule has 0 aliphatic carbocycles. The first kappa shape index (κ1) is 13.2. The number of aromatic nitrogens is 3. The number of anilines is 1. The summed E-state index contributed by atoms with van der Waals surface area (Å²) in [6.07, 6.45) is 0.800. The Balaban J connectivity index is 1.80. The van der Waals surface area contributed by atoms with Crippen molar-refractivity contribution in [1.29, 1.82) is 0 Å². The number of oxazole rings is 1. The Hall–Kier alpha value is -2.83. The highest BCUT2D eigenvalue weighted by atomic mass is 16.4. The molecule has 0 unspecified atom stereocenters. The van der Waals surface area contributed by atoms with E-state index in [4.69, 9.17) is 4.42 Å². The number of fused-ring (bicyclic) bond motifs is 1. The quantitative estimate of drug-likeness (QED) is 0.760. The van der Waals surface area contributed by atoms with Gasteiger partial charge in [0.15, 0.2) is 11.4 Å². The molecule has 7 heteroatoms. The lowest BCUT2D eigenvalue weighted by atomic mass is 10.3. The summed E-state index contributed by atoms with van der Waals surface area (Å²) in [5.74, 6) is -0.446. The van der Waals surface area contributed by atoms with Crippen LogP contribution in [0.1, 0.15) is 12.6 Å². The molecule has 1 aromatic carbocycles. The molecule has 0 saturated carbocycles. The maximum absolute atomic E-state index is 12.0. The van der Waals surface area contributed by atoms with Crippen molar-refractivity contribution in [2.24, 2.45) is 0 Å². The zero-order valence-electron chi connectivity index (χ0n) is 11.4. The van der Waals surface area contributed by atoms with Crippen LogP contribution in [0, 0.1) is 0 Å². The van der Waals surface area contributed by atoms with Gasteiger partial charge in [-0.05, 0) is 18.6 Å². The minimum atomic E-state index is -0.553. The average molecular weight is 286 g/mol. The predicted octanol–water partition coefficient (Wildman–Crippen LogP) is 1.52. The van der Waals surface area contributed by atoms with Gasteiger partial charge in [0.05, 0.1) is 5.52 Å². The molecular weight excluding hydrogens is 272 g/mol. The minimum absolute atomic E-state index is 0.121. The first-order chi connectivity index (χ1) is 10.2. The Morgan fingerprint density at radius 3 is 3.00 bits per heavy atom. The van der Waals surface area contributed by atoms with Crippen LogP contribution in [-0.4, -0.2) is 20.7 Å². The number of hydrogen-bond donors (Lipinski definition) is 2. The van der Waals surface area contributed by atoms with E-state index in [1.54, 1.807) is 30.3 Å². The molecule has 0 bridgehead atoms. The fraction of sp³-hybridized carbons (Fsp3) is 0.214. The number of rotatable bonds is 4. The van der Waals surface area contributed by atoms with Gasteiger partial charge in [-0.2, -0.15) is 5.10 Å². The Morgan fingerprint density at radius 2 is 2.24 bits per heavy atom. The van der Waals surface area contributed by atoms with Gasteiger partial charge in [-0.3, -0.25) is 14.5 Å². The van der Waals surface area contributed by atoms with Gasteiger partial charge in [-0.1, -0.05) is 19.1 Å². The third-order valence-corrected chi connectivity index (χ3v) is 3.15. The molecular formula is C14H14N4O3. The van der Waals surface area contributed by atoms with Crippen molar-refractivity contribution in [2.45, 2.75) is 19.9 Å². The lowest BCUT2D eigenvalue weighted by Crippen LogP contribution is -2.24. The number of H-pyrrole nitrogens is 1. The SMILES string of the molecule is CCc1cc(NC(=O)Cn2c(=O)oc3ccccc32)n[nH]1. The molecule has 0 aliphatic heterocycles. The number of aryl methyl sites for hydroxylation is 1. The van der Waals surface area contributed by atoms with Crippen molar-refractivity contribution in [1.82, 2.24) is 14.8 Å². The maximum atomic E-state index is 12.0. The van der Waals surface area contributed by atoms with Gasteiger partial charge in [-0.15, -0.1) is 0 Å². The predicted molar refractivity (Wildman–Crippen MR) is 77.1 cm³/mol. The molecule has 0 radical (unpaired) electrons. The van der Waals surface area contributed by atoms with E-state index >= 15 is 0 Å². The number of carbonyl (C=O) groups excluding carboxylic acids is 1. The number of nitrogens with zero attached hydrogens (tertiary/aromatic N) is 2. The van der Waals surface area contributed by atoms with E-state index in [9.17, 15) is 9.59 Å². The molecule has 21 heavy (non-hydrogen) atoms. The second-order valence-corrected chi connectivity index (χ2v) is 4.60. The van der Waals surface area contributed by atoms with E-state index in [1.807, 2.05) is 6.92 Å². The molecule has 3 aromatic rings. The van der Waals surface area contributed by atoms with E-state index in [0.29, 0.717) is 16.9 Å². The third kappa shape index (κ3) is 2.58. The first-order valence-corrected chi connectivity index (χ1v) is 6.60. The zero-order chi connectivity index (χ0) is 14.8. The van der Waals surface area contributed by atoms with Crippen molar-refractivity contribution >= 4 is 22.8 Å². The van der Waals surface area contributed by atoms with E-state index in [1.165, 1.54) is 4.57 Å². The minimum Gasteiger partial charge on any atom is -0.408 e. The van der Waals surface area contributed by atoms with Gasteiger partial charge in [0.25, 0.3) is 0 Å². The number of nitrogens with one attached hydrogen (secondary N) is 2. The second kappa shape index (κ2) is 5.28. The van der Waals surface area contributed by atoms with Crippen LogP contribution in [0.15, 0.2) is 39.5 Å². The Bertz CT molecular complexity index is 843. The molecule has 0 saturated heterocycles. The van der Waals surface area contributed by atoms with Crippen LogP contribution in [-0.2, 0) is 17.8 Å². The normalized spacial score (nSPS) is 10.9. The van der Waals surface area contributed by atoms with Crippen LogP contribution in [0.2, 0.25) is 0 Å². The van der Waals surface area contributed by atoms with E-state index in [-0.39, 0.29) is 12.5 Å². The van der Waals surface area contributed by atoms with E-state index < -0.39 is 5.76 Å². The van der Waals surface area contributed by atoms with Gasteiger partial charge in [0, 0.05) is 11.8 Å². The third-order valence-electron chi connectivity index (χ3n) is 3.15. The van der Waals surface area contributed by atoms with E-state index in [0.717, 1.165) is 12.1 Å². The summed E-state index contributed by atoms with van der Waals surface area (Å²) in [4.78, 5) is 23.8. The van der Waals surface area contributed by atoms with Crippen molar-refractivity contribution in [2.75, 3.05) is 5.32 Å². The largest absolute Gasteiger partial charge is 0.420 e. The molecule has 0 atom stereocenters. The molecule has 1 amide bonds. The molecule has 0 fully saturated rings. The van der Waals surface area contributed by atoms with Crippen LogP contribution in [0.4, 0.5) is 5.82 Å². The average Bonchev–Trinajstić information content (AvgIpc) is 3.04. The van der Waals surface area contributed by atoms with Crippen molar-refractivity contribution in [3.8, 4) is 0 Å². The number of hydrogen-bond acceptors (Lipinski definition) is 4. The van der Waals surface area contributed by atoms with Crippen molar-refractivity contribution in [3.05, 3.63) is 46.6 Å². The molecule has 2 N–H and O–H groups in total. The molecule has 0 spiro atoms. The fourth-order valence-electron chi connectivity index (χ4n) is 2.10. The standard InChI is InChI=1S/C14H14N4O3/c1-2-9-7-12(17-16-9)15-13(19)8-18-10-5-3-4-6-11(10)21-14(18)20/h3-7H,2,8H2,1H3,(H2,15,16,17,19). The van der Waals surface area contributed by atoms with Crippen molar-refractivity contribution in [3.63, 3.8) is 0 Å². The van der Waals surface area contributed by atoms with Crippen LogP contribution in [0.5, 0.6) is 0 Å². The number of para-hydroxylation sites is 2. The molecule has 0 aliphatic rings. The molecule has 3 rings (SSSR count). The fourth-order valence-corrected chi connectivity index (χ4v) is 2.10. The molecule has 2 aromatic heterocycles. The van der Waals surface area contributed by atoms with Crippen molar-refractivity contribution < 1.29 is 9.21 Å². The summed E-state index contributed by atoms with van der Waals surface area (Å²) in [6.45, 7) is 1.86. The smallest absolute Gasteiger partial charge is 0.408 e.